The molecule has 2 aromatic carbocycles. The topological polar surface area (TPSA) is 75.3 Å². The van der Waals surface area contributed by atoms with E-state index in [4.69, 9.17) is 11.6 Å². The highest BCUT2D eigenvalue weighted by Gasteiger charge is 2.17. The molecule has 0 aliphatic carbocycles. The van der Waals surface area contributed by atoms with Gasteiger partial charge in [0.2, 0.25) is 10.0 Å². The number of amides is 1. The third kappa shape index (κ3) is 3.60. The first kappa shape index (κ1) is 15.5. The minimum Gasteiger partial charge on any atom is -0.322 e. The van der Waals surface area contributed by atoms with Crippen molar-refractivity contribution in [3.8, 4) is 0 Å². The van der Waals surface area contributed by atoms with Gasteiger partial charge in [-0.2, -0.15) is 0 Å². The highest BCUT2D eigenvalue weighted by Crippen LogP contribution is 2.21. The van der Waals surface area contributed by atoms with Crippen LogP contribution in [0.15, 0.2) is 53.4 Å². The van der Waals surface area contributed by atoms with Crippen LogP contribution in [-0.2, 0) is 10.0 Å². The molecule has 110 valence electrons. The maximum Gasteiger partial charge on any atom is 0.257 e. The monoisotopic (exact) mass is 324 g/mol. The van der Waals surface area contributed by atoms with Gasteiger partial charge in [-0.05, 0) is 37.4 Å². The van der Waals surface area contributed by atoms with Crippen LogP contribution in [0.3, 0.4) is 0 Å². The van der Waals surface area contributed by atoms with Crippen molar-refractivity contribution < 1.29 is 13.2 Å². The summed E-state index contributed by atoms with van der Waals surface area (Å²) in [5.74, 6) is -0.473. The third-order valence-electron chi connectivity index (χ3n) is 2.79. The average Bonchev–Trinajstić information content (AvgIpc) is 2.48. The Kier molecular flexibility index (Phi) is 4.62. The molecule has 1 amide bonds. The van der Waals surface area contributed by atoms with E-state index in [0.717, 1.165) is 0 Å². The minimum atomic E-state index is -3.63. The molecule has 0 aliphatic heterocycles. The van der Waals surface area contributed by atoms with Gasteiger partial charge in [0.25, 0.3) is 5.91 Å². The Bertz CT molecular complexity index is 761. The molecule has 0 aromatic heterocycles. The maximum absolute atomic E-state index is 12.2. The smallest absolute Gasteiger partial charge is 0.257 e. The molecule has 21 heavy (non-hydrogen) atoms. The summed E-state index contributed by atoms with van der Waals surface area (Å²) in [4.78, 5) is 12.2. The van der Waals surface area contributed by atoms with Gasteiger partial charge in [0.1, 0.15) is 0 Å². The average molecular weight is 325 g/mol. The molecule has 0 radical (unpaired) electrons. The largest absolute Gasteiger partial charge is 0.322 e. The van der Waals surface area contributed by atoms with Crippen LogP contribution in [0, 0.1) is 0 Å². The number of benzene rings is 2. The van der Waals surface area contributed by atoms with E-state index in [1.165, 1.54) is 25.2 Å². The second-order valence-corrected chi connectivity index (χ2v) is 6.46. The van der Waals surface area contributed by atoms with Crippen LogP contribution >= 0.6 is 11.6 Å². The number of carbonyl (C=O) groups excluding carboxylic acids is 1. The molecule has 2 rings (SSSR count). The standard InChI is InChI=1S/C14H13ClN2O3S/c1-16-21(19,20)11-7-8-13(15)12(9-11)14(18)17-10-5-3-2-4-6-10/h2-9,16H,1H3,(H,17,18). The zero-order valence-corrected chi connectivity index (χ0v) is 12.7. The number of sulfonamides is 1. The fourth-order valence-electron chi connectivity index (χ4n) is 1.68. The molecule has 2 aromatic rings. The fourth-order valence-corrected chi connectivity index (χ4v) is 2.64. The SMILES string of the molecule is CNS(=O)(=O)c1ccc(Cl)c(C(=O)Nc2ccccc2)c1. The number of nitrogens with one attached hydrogen (secondary N) is 2. The molecule has 0 unspecified atom stereocenters. The highest BCUT2D eigenvalue weighted by atomic mass is 35.5. The van der Waals surface area contributed by atoms with Crippen molar-refractivity contribution in [2.75, 3.05) is 12.4 Å². The Labute approximate surface area is 128 Å². The van der Waals surface area contributed by atoms with Crippen LogP contribution in [0.1, 0.15) is 10.4 Å². The lowest BCUT2D eigenvalue weighted by atomic mass is 10.2. The molecule has 5 nitrogen and oxygen atoms in total. The summed E-state index contributed by atoms with van der Waals surface area (Å²) in [6.07, 6.45) is 0. The van der Waals surface area contributed by atoms with Crippen LogP contribution in [0.25, 0.3) is 0 Å². The zero-order valence-electron chi connectivity index (χ0n) is 11.1. The predicted octanol–water partition coefficient (Wildman–Crippen LogP) is 2.50. The van der Waals surface area contributed by atoms with Crippen LogP contribution in [0.5, 0.6) is 0 Å². The van der Waals surface area contributed by atoms with E-state index in [9.17, 15) is 13.2 Å². The van der Waals surface area contributed by atoms with Gasteiger partial charge in [0.15, 0.2) is 0 Å². The molecular formula is C14H13ClN2O3S. The molecule has 0 fully saturated rings. The Morgan fingerprint density at radius 1 is 1.10 bits per heavy atom. The summed E-state index contributed by atoms with van der Waals surface area (Å²) in [5, 5.41) is 2.84. The van der Waals surface area contributed by atoms with Gasteiger partial charge in [-0.25, -0.2) is 13.1 Å². The first-order valence-electron chi connectivity index (χ1n) is 6.03. The zero-order chi connectivity index (χ0) is 15.5. The second kappa shape index (κ2) is 6.26. The number of hydrogen-bond donors (Lipinski definition) is 2. The summed E-state index contributed by atoms with van der Waals surface area (Å²) >= 11 is 5.97. The Morgan fingerprint density at radius 3 is 2.38 bits per heavy atom. The molecule has 7 heteroatoms. The third-order valence-corrected chi connectivity index (χ3v) is 4.53. The van der Waals surface area contributed by atoms with Gasteiger partial charge in [-0.3, -0.25) is 4.79 Å². The minimum absolute atomic E-state index is 0.0207. The van der Waals surface area contributed by atoms with Gasteiger partial charge < -0.3 is 5.32 Å². The number of rotatable bonds is 4. The summed E-state index contributed by atoms with van der Waals surface area (Å²) < 4.78 is 25.7. The van der Waals surface area contributed by atoms with E-state index in [1.54, 1.807) is 24.3 Å². The van der Waals surface area contributed by atoms with Crippen LogP contribution in [-0.4, -0.2) is 21.4 Å². The highest BCUT2D eigenvalue weighted by molar-refractivity contribution is 7.89. The van der Waals surface area contributed by atoms with Crippen molar-refractivity contribution in [2.24, 2.45) is 0 Å². The van der Waals surface area contributed by atoms with Gasteiger partial charge in [-0.1, -0.05) is 29.8 Å². The quantitative estimate of drug-likeness (QED) is 0.907. The lowest BCUT2D eigenvalue weighted by Gasteiger charge is -2.09. The number of anilines is 1. The van der Waals surface area contributed by atoms with Crippen molar-refractivity contribution in [1.82, 2.24) is 4.72 Å². The van der Waals surface area contributed by atoms with E-state index in [0.29, 0.717) is 5.69 Å². The normalized spacial score (nSPS) is 11.1. The number of hydrogen-bond acceptors (Lipinski definition) is 3. The van der Waals surface area contributed by atoms with Gasteiger partial charge in [0.05, 0.1) is 15.5 Å². The molecule has 0 saturated heterocycles. The van der Waals surface area contributed by atoms with Crippen molar-refractivity contribution in [1.29, 1.82) is 0 Å². The number of carbonyl (C=O) groups is 1. The molecule has 0 aliphatic rings. The van der Waals surface area contributed by atoms with Gasteiger partial charge >= 0.3 is 0 Å². The van der Waals surface area contributed by atoms with Crippen LogP contribution in [0.2, 0.25) is 5.02 Å². The summed E-state index contributed by atoms with van der Waals surface area (Å²) in [6.45, 7) is 0. The molecular weight excluding hydrogens is 312 g/mol. The van der Waals surface area contributed by atoms with Crippen molar-refractivity contribution in [3.05, 3.63) is 59.1 Å². The Morgan fingerprint density at radius 2 is 1.76 bits per heavy atom. The van der Waals surface area contributed by atoms with Crippen molar-refractivity contribution >= 4 is 33.2 Å². The van der Waals surface area contributed by atoms with E-state index >= 15 is 0 Å². The van der Waals surface area contributed by atoms with E-state index in [2.05, 4.69) is 10.0 Å². The molecule has 0 atom stereocenters. The van der Waals surface area contributed by atoms with Crippen LogP contribution < -0.4 is 10.0 Å². The van der Waals surface area contributed by atoms with Crippen molar-refractivity contribution in [2.45, 2.75) is 4.90 Å². The molecule has 2 N–H and O–H groups in total. The van der Waals surface area contributed by atoms with Crippen molar-refractivity contribution in [3.63, 3.8) is 0 Å². The lowest BCUT2D eigenvalue weighted by molar-refractivity contribution is 0.102. The molecule has 0 bridgehead atoms. The Hall–Kier alpha value is -1.89. The fraction of sp³-hybridized carbons (Fsp3) is 0.0714. The first-order chi connectivity index (χ1) is 9.94. The number of para-hydroxylation sites is 1. The predicted molar refractivity (Wildman–Crippen MR) is 82.1 cm³/mol. The van der Waals surface area contributed by atoms with Gasteiger partial charge in [-0.15, -0.1) is 0 Å². The lowest BCUT2D eigenvalue weighted by Crippen LogP contribution is -2.20. The summed E-state index contributed by atoms with van der Waals surface area (Å²) in [7, 11) is -2.33. The maximum atomic E-state index is 12.2. The van der Waals surface area contributed by atoms with E-state index in [-0.39, 0.29) is 15.5 Å². The number of halogens is 1. The summed E-state index contributed by atoms with van der Waals surface area (Å²) in [6, 6.07) is 12.8. The second-order valence-electron chi connectivity index (χ2n) is 4.17. The Balaban J connectivity index is 2.35. The first-order valence-corrected chi connectivity index (χ1v) is 7.89. The summed E-state index contributed by atoms with van der Waals surface area (Å²) in [5.41, 5.74) is 0.692. The molecule has 0 heterocycles. The van der Waals surface area contributed by atoms with E-state index in [1.807, 2.05) is 6.07 Å². The van der Waals surface area contributed by atoms with Gasteiger partial charge in [0, 0.05) is 5.69 Å². The van der Waals surface area contributed by atoms with Crippen LogP contribution in [0.4, 0.5) is 5.69 Å². The molecule has 0 saturated carbocycles. The molecule has 0 spiro atoms. The van der Waals surface area contributed by atoms with E-state index < -0.39 is 15.9 Å².